The molecule has 124 valence electrons. The topological polar surface area (TPSA) is 103 Å². The minimum atomic E-state index is -3.63. The van der Waals surface area contributed by atoms with E-state index in [2.05, 4.69) is 25.3 Å². The average Bonchev–Trinajstić information content (AvgIpc) is 2.98. The number of carbonyl (C=O) groups excluding carboxylic acids is 1. The Morgan fingerprint density at radius 1 is 1.33 bits per heavy atom. The third-order valence-electron chi connectivity index (χ3n) is 3.33. The zero-order valence-corrected chi connectivity index (χ0v) is 15.6. The molecule has 0 unspecified atom stereocenters. The van der Waals surface area contributed by atoms with E-state index in [4.69, 9.17) is 5.41 Å². The SMILES string of the molecule is CCS(=O)(=O)C1=NSC2=NC(=O)/C(=C\c3ccc(Br)cc3)C(=N)N21. The smallest absolute Gasteiger partial charge is 0.283 e. The summed E-state index contributed by atoms with van der Waals surface area (Å²) in [5, 5.41) is 8.10. The molecule has 1 N–H and O–H groups in total. The van der Waals surface area contributed by atoms with Crippen LogP contribution in [-0.4, -0.2) is 41.1 Å². The number of nitrogens with one attached hydrogen (secondary N) is 1. The number of carbonyl (C=O) groups is 1. The highest BCUT2D eigenvalue weighted by Gasteiger charge is 2.41. The molecule has 0 spiro atoms. The van der Waals surface area contributed by atoms with E-state index in [0.29, 0.717) is 5.56 Å². The Morgan fingerprint density at radius 3 is 2.62 bits per heavy atom. The molecule has 0 saturated carbocycles. The molecule has 1 amide bonds. The van der Waals surface area contributed by atoms with E-state index in [9.17, 15) is 13.2 Å². The highest BCUT2D eigenvalue weighted by atomic mass is 79.9. The molecule has 24 heavy (non-hydrogen) atoms. The maximum atomic E-state index is 12.2. The molecule has 0 atom stereocenters. The average molecular weight is 427 g/mol. The fourth-order valence-corrected chi connectivity index (χ4v) is 4.28. The van der Waals surface area contributed by atoms with E-state index >= 15 is 0 Å². The lowest BCUT2D eigenvalue weighted by atomic mass is 10.1. The van der Waals surface area contributed by atoms with Gasteiger partial charge in [-0.3, -0.25) is 10.2 Å². The fourth-order valence-electron chi connectivity index (χ4n) is 2.05. The number of nitrogens with zero attached hydrogens (tertiary/aromatic N) is 3. The van der Waals surface area contributed by atoms with Gasteiger partial charge in [0.1, 0.15) is 5.84 Å². The second-order valence-electron chi connectivity index (χ2n) is 4.86. The molecule has 0 aliphatic carbocycles. The molecule has 0 bridgehead atoms. The van der Waals surface area contributed by atoms with Crippen LogP contribution in [0.3, 0.4) is 0 Å². The van der Waals surface area contributed by atoms with Crippen LogP contribution in [0.1, 0.15) is 12.5 Å². The van der Waals surface area contributed by atoms with E-state index in [-0.39, 0.29) is 27.5 Å². The first-order valence-electron chi connectivity index (χ1n) is 6.80. The first kappa shape index (κ1) is 17.1. The van der Waals surface area contributed by atoms with Crippen LogP contribution in [-0.2, 0) is 14.6 Å². The minimum absolute atomic E-state index is 0.0163. The monoisotopic (exact) mass is 426 g/mol. The summed E-state index contributed by atoms with van der Waals surface area (Å²) in [5.74, 6) is -0.982. The molecule has 0 saturated heterocycles. The number of hydrogen-bond acceptors (Lipinski definition) is 6. The lowest BCUT2D eigenvalue weighted by molar-refractivity contribution is -0.114. The first-order valence-corrected chi connectivity index (χ1v) is 10.0. The van der Waals surface area contributed by atoms with Crippen LogP contribution in [0.25, 0.3) is 6.08 Å². The van der Waals surface area contributed by atoms with Crippen LogP contribution in [0.4, 0.5) is 0 Å². The van der Waals surface area contributed by atoms with Gasteiger partial charge in [-0.2, -0.15) is 9.39 Å². The Morgan fingerprint density at radius 2 is 2.00 bits per heavy atom. The Kier molecular flexibility index (Phi) is 4.45. The molecule has 7 nitrogen and oxygen atoms in total. The Bertz CT molecular complexity index is 933. The summed E-state index contributed by atoms with van der Waals surface area (Å²) < 4.78 is 29.0. The van der Waals surface area contributed by atoms with Gasteiger partial charge >= 0.3 is 0 Å². The normalized spacial score (nSPS) is 19.4. The van der Waals surface area contributed by atoms with Crippen molar-refractivity contribution in [2.45, 2.75) is 6.92 Å². The fraction of sp³-hybridized carbons (Fsp3) is 0.143. The number of amides is 1. The maximum Gasteiger partial charge on any atom is 0.283 e. The molecule has 0 radical (unpaired) electrons. The lowest BCUT2D eigenvalue weighted by Crippen LogP contribution is -2.45. The summed E-state index contributed by atoms with van der Waals surface area (Å²) in [6, 6.07) is 7.15. The van der Waals surface area contributed by atoms with Crippen LogP contribution in [0.2, 0.25) is 0 Å². The second-order valence-corrected chi connectivity index (χ2v) is 8.68. The maximum absolute atomic E-state index is 12.2. The van der Waals surface area contributed by atoms with E-state index in [1.165, 1.54) is 13.0 Å². The van der Waals surface area contributed by atoms with E-state index in [1.54, 1.807) is 24.3 Å². The van der Waals surface area contributed by atoms with Crippen molar-refractivity contribution in [2.75, 3.05) is 5.75 Å². The quantitative estimate of drug-likeness (QED) is 0.577. The number of amidine groups is 3. The number of aliphatic imine (C=N–C) groups is 1. The lowest BCUT2D eigenvalue weighted by Gasteiger charge is -2.24. The molecule has 1 aromatic carbocycles. The Balaban J connectivity index is 2.04. The highest BCUT2D eigenvalue weighted by Crippen LogP contribution is 2.30. The number of rotatable bonds is 2. The van der Waals surface area contributed by atoms with Gasteiger partial charge in [0.25, 0.3) is 5.91 Å². The van der Waals surface area contributed by atoms with Crippen LogP contribution in [0.5, 0.6) is 0 Å². The van der Waals surface area contributed by atoms with Gasteiger partial charge < -0.3 is 0 Å². The Hall–Kier alpha value is -1.78. The molecule has 2 heterocycles. The molecule has 1 aromatic rings. The van der Waals surface area contributed by atoms with Gasteiger partial charge in [0.15, 0.2) is 0 Å². The molecule has 2 aliphatic heterocycles. The van der Waals surface area contributed by atoms with Gasteiger partial charge in [-0.15, -0.1) is 0 Å². The molecule has 3 rings (SSSR count). The van der Waals surface area contributed by atoms with Gasteiger partial charge in [-0.1, -0.05) is 35.0 Å². The number of hydrogen-bond donors (Lipinski definition) is 1. The van der Waals surface area contributed by atoms with E-state index < -0.39 is 15.7 Å². The third kappa shape index (κ3) is 2.96. The van der Waals surface area contributed by atoms with Crippen molar-refractivity contribution in [1.82, 2.24) is 4.90 Å². The van der Waals surface area contributed by atoms with Crippen molar-refractivity contribution in [3.63, 3.8) is 0 Å². The molecule has 0 fully saturated rings. The van der Waals surface area contributed by atoms with Gasteiger partial charge in [-0.25, -0.2) is 13.3 Å². The van der Waals surface area contributed by atoms with Crippen LogP contribution in [0.15, 0.2) is 43.7 Å². The van der Waals surface area contributed by atoms with Gasteiger partial charge in [0.2, 0.25) is 20.2 Å². The van der Waals surface area contributed by atoms with Gasteiger partial charge in [-0.05, 0) is 23.8 Å². The van der Waals surface area contributed by atoms with E-state index in [0.717, 1.165) is 21.3 Å². The highest BCUT2D eigenvalue weighted by molar-refractivity contribution is 9.10. The van der Waals surface area contributed by atoms with Crippen molar-refractivity contribution in [3.05, 3.63) is 39.9 Å². The number of fused-ring (bicyclic) bond motifs is 1. The van der Waals surface area contributed by atoms with Gasteiger partial charge in [0, 0.05) is 4.47 Å². The molecule has 2 aliphatic rings. The van der Waals surface area contributed by atoms with Crippen molar-refractivity contribution >= 4 is 65.9 Å². The minimum Gasteiger partial charge on any atom is -0.283 e. The van der Waals surface area contributed by atoms with Crippen molar-refractivity contribution in [1.29, 1.82) is 5.41 Å². The predicted octanol–water partition coefficient (Wildman–Crippen LogP) is 2.46. The number of halogens is 1. The van der Waals surface area contributed by atoms with Crippen molar-refractivity contribution in [3.8, 4) is 0 Å². The Labute approximate surface area is 151 Å². The largest absolute Gasteiger partial charge is 0.283 e. The summed E-state index contributed by atoms with van der Waals surface area (Å²) in [6.45, 7) is 1.49. The molecular formula is C14H11BrN4O3S2. The second kappa shape index (κ2) is 6.26. The summed E-state index contributed by atoms with van der Waals surface area (Å²) in [6.07, 6.45) is 1.51. The standard InChI is InChI=1S/C14H11BrN4O3S2/c1-2-24(21,22)14-18-23-13-17-12(20)10(11(16)19(13)14)7-8-3-5-9(15)6-4-8/h3-7,16H,2H2,1H3/b10-7-,16-11?. The van der Waals surface area contributed by atoms with Crippen molar-refractivity contribution < 1.29 is 13.2 Å². The summed E-state index contributed by atoms with van der Waals surface area (Å²) in [5.41, 5.74) is 0.719. The van der Waals surface area contributed by atoms with Crippen molar-refractivity contribution in [2.24, 2.45) is 9.39 Å². The van der Waals surface area contributed by atoms with Crippen LogP contribution >= 0.6 is 27.9 Å². The summed E-state index contributed by atoms with van der Waals surface area (Å²) in [4.78, 5) is 17.2. The van der Waals surface area contributed by atoms with Crippen LogP contribution < -0.4 is 0 Å². The molecule has 10 heteroatoms. The summed E-state index contributed by atoms with van der Waals surface area (Å²) in [7, 11) is -3.63. The van der Waals surface area contributed by atoms with E-state index in [1.807, 2.05) is 0 Å². The van der Waals surface area contributed by atoms with Gasteiger partial charge in [0.05, 0.1) is 23.3 Å². The zero-order chi connectivity index (χ0) is 17.5. The number of benzene rings is 1. The van der Waals surface area contributed by atoms with Crippen LogP contribution in [0, 0.1) is 5.41 Å². The predicted molar refractivity (Wildman–Crippen MR) is 98.6 cm³/mol. The number of sulfone groups is 1. The zero-order valence-electron chi connectivity index (χ0n) is 12.4. The first-order chi connectivity index (χ1) is 11.3. The molecule has 0 aromatic heterocycles. The summed E-state index contributed by atoms with van der Waals surface area (Å²) >= 11 is 4.11. The third-order valence-corrected chi connectivity index (χ3v) is 6.27. The molecular weight excluding hydrogens is 416 g/mol.